The van der Waals surface area contributed by atoms with Crippen molar-refractivity contribution in [2.75, 3.05) is 12.9 Å². The van der Waals surface area contributed by atoms with Crippen molar-refractivity contribution in [3.05, 3.63) is 30.1 Å². The van der Waals surface area contributed by atoms with Crippen LogP contribution in [0.25, 0.3) is 11.4 Å². The summed E-state index contributed by atoms with van der Waals surface area (Å²) in [5.41, 5.74) is 0.645. The maximum Gasteiger partial charge on any atom is 0.203 e. The largest absolute Gasteiger partial charge is 0.396 e. The topological polar surface area (TPSA) is 106 Å². The third-order valence-electron chi connectivity index (χ3n) is 2.62. The molecule has 2 rings (SSSR count). The minimum atomic E-state index is -3.21. The number of aromatic nitrogens is 4. The van der Waals surface area contributed by atoms with Crippen LogP contribution < -0.4 is 0 Å². The Morgan fingerprint density at radius 2 is 1.65 bits per heavy atom. The Kier molecular flexibility index (Phi) is 4.35. The quantitative estimate of drug-likeness (QED) is 0.843. The van der Waals surface area contributed by atoms with E-state index in [2.05, 4.69) is 20.4 Å². The van der Waals surface area contributed by atoms with Gasteiger partial charge >= 0.3 is 0 Å². The van der Waals surface area contributed by atoms with Crippen LogP contribution in [0.3, 0.4) is 0 Å². The third-order valence-corrected chi connectivity index (χ3v) is 3.75. The van der Waals surface area contributed by atoms with Gasteiger partial charge in [-0.15, -0.1) is 20.4 Å². The van der Waals surface area contributed by atoms with Crippen LogP contribution >= 0.6 is 0 Å². The molecule has 1 aromatic heterocycles. The van der Waals surface area contributed by atoms with E-state index in [0.29, 0.717) is 30.1 Å². The zero-order valence-corrected chi connectivity index (χ0v) is 11.7. The van der Waals surface area contributed by atoms with E-state index in [1.807, 2.05) is 0 Å². The van der Waals surface area contributed by atoms with Crippen molar-refractivity contribution >= 4 is 9.84 Å². The number of nitrogens with zero attached hydrogens (tertiary/aromatic N) is 4. The van der Waals surface area contributed by atoms with Crippen LogP contribution in [-0.2, 0) is 16.3 Å². The Morgan fingerprint density at radius 1 is 1.05 bits per heavy atom. The Morgan fingerprint density at radius 3 is 2.15 bits per heavy atom. The number of benzene rings is 1. The molecule has 1 N–H and O–H groups in total. The van der Waals surface area contributed by atoms with Gasteiger partial charge in [0.25, 0.3) is 0 Å². The van der Waals surface area contributed by atoms with Gasteiger partial charge in [0.1, 0.15) is 0 Å². The molecule has 1 aromatic carbocycles. The van der Waals surface area contributed by atoms with E-state index < -0.39 is 9.84 Å². The maximum absolute atomic E-state index is 11.3. The van der Waals surface area contributed by atoms with Crippen LogP contribution in [0.2, 0.25) is 0 Å². The predicted octanol–water partition coefficient (Wildman–Crippen LogP) is 0.262. The second-order valence-electron chi connectivity index (χ2n) is 4.26. The molecule has 20 heavy (non-hydrogen) atoms. The highest BCUT2D eigenvalue weighted by Crippen LogP contribution is 2.16. The van der Waals surface area contributed by atoms with Gasteiger partial charge < -0.3 is 5.11 Å². The van der Waals surface area contributed by atoms with Crippen LogP contribution in [0.4, 0.5) is 0 Å². The lowest BCUT2D eigenvalue weighted by Gasteiger charge is -2.01. The summed E-state index contributed by atoms with van der Waals surface area (Å²) in [6.45, 7) is 0.0675. The number of aliphatic hydroxyl groups excluding tert-OH is 1. The van der Waals surface area contributed by atoms with Crippen molar-refractivity contribution in [2.24, 2.45) is 0 Å². The average molecular weight is 294 g/mol. The van der Waals surface area contributed by atoms with Gasteiger partial charge in [0.05, 0.1) is 4.90 Å². The van der Waals surface area contributed by atoms with Crippen molar-refractivity contribution in [3.63, 3.8) is 0 Å². The van der Waals surface area contributed by atoms with Gasteiger partial charge in [-0.3, -0.25) is 0 Å². The summed E-state index contributed by atoms with van der Waals surface area (Å²) in [4.78, 5) is 0.238. The molecule has 0 radical (unpaired) electrons. The van der Waals surface area contributed by atoms with Crippen molar-refractivity contribution in [3.8, 4) is 11.4 Å². The fraction of sp³-hybridized carbons (Fsp3) is 0.333. The molecule has 0 bridgehead atoms. The molecule has 0 aliphatic rings. The van der Waals surface area contributed by atoms with Gasteiger partial charge in [-0.05, 0) is 30.7 Å². The minimum Gasteiger partial charge on any atom is -0.396 e. The molecule has 0 saturated carbocycles. The molecule has 0 fully saturated rings. The highest BCUT2D eigenvalue weighted by Gasteiger charge is 2.09. The van der Waals surface area contributed by atoms with Crippen molar-refractivity contribution in [1.29, 1.82) is 0 Å². The molecule has 0 spiro atoms. The Labute approximate surface area is 116 Å². The number of aliphatic hydroxyl groups is 1. The molecule has 0 unspecified atom stereocenters. The molecule has 0 saturated heterocycles. The lowest BCUT2D eigenvalue weighted by atomic mass is 10.2. The molecule has 1 heterocycles. The molecule has 106 valence electrons. The first-order valence-electron chi connectivity index (χ1n) is 5.98. The summed E-state index contributed by atoms with van der Waals surface area (Å²) < 4.78 is 22.7. The van der Waals surface area contributed by atoms with E-state index in [1.54, 1.807) is 12.1 Å². The molecule has 2 aromatic rings. The van der Waals surface area contributed by atoms with Gasteiger partial charge in [-0.25, -0.2) is 8.42 Å². The summed E-state index contributed by atoms with van der Waals surface area (Å²) in [7, 11) is -3.21. The Balaban J connectivity index is 2.19. The summed E-state index contributed by atoms with van der Waals surface area (Å²) in [5, 5.41) is 24.4. The van der Waals surface area contributed by atoms with Crippen LogP contribution in [0.5, 0.6) is 0 Å². The number of hydrogen-bond acceptors (Lipinski definition) is 7. The second kappa shape index (κ2) is 6.02. The molecule has 0 amide bonds. The average Bonchev–Trinajstić information content (AvgIpc) is 2.45. The van der Waals surface area contributed by atoms with E-state index in [1.165, 1.54) is 12.1 Å². The number of aryl methyl sites for hydroxylation is 1. The first-order valence-corrected chi connectivity index (χ1v) is 7.87. The zero-order chi connectivity index (χ0) is 14.6. The lowest BCUT2D eigenvalue weighted by Crippen LogP contribution is -2.04. The standard InChI is InChI=1S/C12H14N4O3S/c1-20(18,19)10-6-4-9(5-7-10)12-15-13-11(14-16-12)3-2-8-17/h4-7,17H,2-3,8H2,1H3. The minimum absolute atomic E-state index is 0.0675. The maximum atomic E-state index is 11.3. The normalized spacial score (nSPS) is 11.5. The van der Waals surface area contributed by atoms with Gasteiger partial charge in [0.15, 0.2) is 15.7 Å². The molecular formula is C12H14N4O3S. The van der Waals surface area contributed by atoms with Gasteiger partial charge in [0, 0.05) is 24.8 Å². The molecular weight excluding hydrogens is 280 g/mol. The fourth-order valence-corrected chi connectivity index (χ4v) is 2.18. The van der Waals surface area contributed by atoms with Crippen LogP contribution in [0.1, 0.15) is 12.2 Å². The summed E-state index contributed by atoms with van der Waals surface area (Å²) in [6, 6.07) is 6.21. The smallest absolute Gasteiger partial charge is 0.203 e. The van der Waals surface area contributed by atoms with E-state index in [4.69, 9.17) is 5.11 Å². The van der Waals surface area contributed by atoms with E-state index in [-0.39, 0.29) is 11.5 Å². The zero-order valence-electron chi connectivity index (χ0n) is 10.9. The predicted molar refractivity (Wildman–Crippen MR) is 71.6 cm³/mol. The third kappa shape index (κ3) is 3.55. The fourth-order valence-electron chi connectivity index (χ4n) is 1.55. The van der Waals surface area contributed by atoms with Crippen LogP contribution in [-0.4, -0.2) is 46.8 Å². The van der Waals surface area contributed by atoms with Crippen LogP contribution in [0, 0.1) is 0 Å². The summed E-state index contributed by atoms with van der Waals surface area (Å²) >= 11 is 0. The van der Waals surface area contributed by atoms with Crippen LogP contribution in [0.15, 0.2) is 29.2 Å². The van der Waals surface area contributed by atoms with Crippen molar-refractivity contribution in [2.45, 2.75) is 17.7 Å². The molecule has 8 heteroatoms. The molecule has 7 nitrogen and oxygen atoms in total. The Hall–Kier alpha value is -1.93. The van der Waals surface area contributed by atoms with E-state index in [0.717, 1.165) is 6.26 Å². The summed E-state index contributed by atoms with van der Waals surface area (Å²) in [5.74, 6) is 0.799. The highest BCUT2D eigenvalue weighted by atomic mass is 32.2. The lowest BCUT2D eigenvalue weighted by molar-refractivity contribution is 0.287. The van der Waals surface area contributed by atoms with Crippen molar-refractivity contribution in [1.82, 2.24) is 20.4 Å². The molecule has 0 aliphatic carbocycles. The molecule has 0 atom stereocenters. The first-order chi connectivity index (χ1) is 9.50. The first kappa shape index (κ1) is 14.5. The van der Waals surface area contributed by atoms with Gasteiger partial charge in [-0.1, -0.05) is 0 Å². The van der Waals surface area contributed by atoms with E-state index >= 15 is 0 Å². The molecule has 0 aliphatic heterocycles. The second-order valence-corrected chi connectivity index (χ2v) is 6.28. The SMILES string of the molecule is CS(=O)(=O)c1ccc(-c2nnc(CCCO)nn2)cc1. The monoisotopic (exact) mass is 294 g/mol. The number of rotatable bonds is 5. The summed E-state index contributed by atoms with van der Waals surface area (Å²) in [6.07, 6.45) is 2.23. The van der Waals surface area contributed by atoms with E-state index in [9.17, 15) is 8.42 Å². The van der Waals surface area contributed by atoms with Gasteiger partial charge in [-0.2, -0.15) is 0 Å². The number of hydrogen-bond donors (Lipinski definition) is 1. The van der Waals surface area contributed by atoms with Crippen molar-refractivity contribution < 1.29 is 13.5 Å². The number of sulfone groups is 1. The Bertz CT molecular complexity index is 669. The van der Waals surface area contributed by atoms with Gasteiger partial charge in [0.2, 0.25) is 5.82 Å². The highest BCUT2D eigenvalue weighted by molar-refractivity contribution is 7.90.